The van der Waals surface area contributed by atoms with Crippen LogP contribution in [-0.4, -0.2) is 54.9 Å². The number of rotatable bonds is 9. The second-order valence-electron chi connectivity index (χ2n) is 7.57. The second-order valence-corrected chi connectivity index (χ2v) is 10.3. The molecule has 2 N–H and O–H groups in total. The normalized spacial score (nSPS) is 17.0. The number of amides is 1. The molecule has 0 unspecified atom stereocenters. The van der Waals surface area contributed by atoms with E-state index in [0.29, 0.717) is 17.7 Å². The minimum Gasteiger partial charge on any atom is -0.480 e. The highest BCUT2D eigenvalue weighted by atomic mass is 35.5. The number of carbonyl (C=O) groups is 2. The van der Waals surface area contributed by atoms with E-state index in [4.69, 9.17) is 33.2 Å². The molecule has 1 fully saturated rings. The van der Waals surface area contributed by atoms with Gasteiger partial charge in [-0.25, -0.2) is 13.2 Å². The zero-order chi connectivity index (χ0) is 24.9. The van der Waals surface area contributed by atoms with E-state index in [1.165, 1.54) is 18.2 Å². The summed E-state index contributed by atoms with van der Waals surface area (Å²) in [6.07, 6.45) is 0.660. The molecular formula is C22H21Cl2N3O6S. The summed E-state index contributed by atoms with van der Waals surface area (Å²) in [5, 5.41) is 20.9. The SMILES string of the molecule is N#CCOc1ccc(C[C@H](NC(=O)[C@@H]2CCCN2S(=O)(=O)c2cc(Cl)cc(Cl)c2)C(=O)O)cc1. The molecule has 0 aromatic heterocycles. The number of sulfonamides is 1. The molecule has 0 bridgehead atoms. The Morgan fingerprint density at radius 2 is 1.85 bits per heavy atom. The molecule has 2 aromatic carbocycles. The standard InChI is InChI=1S/C22H21Cl2N3O6S/c23-15-11-16(24)13-18(12-15)34(31,32)27-8-1-2-20(27)21(28)26-19(22(29)30)10-14-3-5-17(6-4-14)33-9-7-25/h3-6,11-13,19-20H,1-2,8-10H2,(H,26,28)(H,29,30)/t19-,20-/m0/s1. The predicted molar refractivity (Wildman–Crippen MR) is 124 cm³/mol. The van der Waals surface area contributed by atoms with Crippen molar-refractivity contribution < 1.29 is 27.9 Å². The van der Waals surface area contributed by atoms with Gasteiger partial charge in [-0.3, -0.25) is 4.79 Å². The third kappa shape index (κ3) is 6.18. The number of ether oxygens (including phenoxy) is 1. The van der Waals surface area contributed by atoms with E-state index in [1.54, 1.807) is 24.3 Å². The van der Waals surface area contributed by atoms with Crippen LogP contribution in [0.25, 0.3) is 0 Å². The molecule has 1 aliphatic rings. The number of carboxylic acid groups (broad SMARTS) is 1. The average molecular weight is 526 g/mol. The van der Waals surface area contributed by atoms with Gasteiger partial charge in [0, 0.05) is 23.0 Å². The smallest absolute Gasteiger partial charge is 0.326 e. The van der Waals surface area contributed by atoms with Crippen molar-refractivity contribution in [2.24, 2.45) is 0 Å². The molecule has 1 heterocycles. The number of nitrogens with one attached hydrogen (secondary N) is 1. The molecule has 180 valence electrons. The van der Waals surface area contributed by atoms with Crippen LogP contribution in [0, 0.1) is 11.3 Å². The Morgan fingerprint density at radius 1 is 1.21 bits per heavy atom. The Bertz CT molecular complexity index is 1190. The van der Waals surface area contributed by atoms with E-state index in [1.807, 2.05) is 6.07 Å². The lowest BCUT2D eigenvalue weighted by atomic mass is 10.1. The highest BCUT2D eigenvalue weighted by Gasteiger charge is 2.40. The van der Waals surface area contributed by atoms with Crippen molar-refractivity contribution in [2.75, 3.05) is 13.2 Å². The molecule has 2 aromatic rings. The number of hydrogen-bond acceptors (Lipinski definition) is 6. The largest absolute Gasteiger partial charge is 0.480 e. The molecular weight excluding hydrogens is 505 g/mol. The van der Waals surface area contributed by atoms with Gasteiger partial charge in [-0.2, -0.15) is 9.57 Å². The minimum absolute atomic E-state index is 0.0248. The molecule has 3 rings (SSSR count). The first-order valence-corrected chi connectivity index (χ1v) is 12.4. The zero-order valence-electron chi connectivity index (χ0n) is 17.8. The average Bonchev–Trinajstić information content (AvgIpc) is 3.28. The van der Waals surface area contributed by atoms with Gasteiger partial charge in [-0.1, -0.05) is 35.3 Å². The molecule has 1 aliphatic heterocycles. The van der Waals surface area contributed by atoms with Gasteiger partial charge in [0.05, 0.1) is 4.90 Å². The number of halogens is 2. The van der Waals surface area contributed by atoms with Crippen LogP contribution in [0.2, 0.25) is 10.0 Å². The summed E-state index contributed by atoms with van der Waals surface area (Å²) in [7, 11) is -4.09. The molecule has 0 radical (unpaired) electrons. The molecule has 0 saturated carbocycles. The van der Waals surface area contributed by atoms with E-state index in [2.05, 4.69) is 5.32 Å². The van der Waals surface area contributed by atoms with Crippen molar-refractivity contribution >= 4 is 45.1 Å². The summed E-state index contributed by atoms with van der Waals surface area (Å²) in [5.74, 6) is -1.50. The maximum atomic E-state index is 13.2. The number of carboxylic acids is 1. The summed E-state index contributed by atoms with van der Waals surface area (Å²) in [6, 6.07) is 9.85. The monoisotopic (exact) mass is 525 g/mol. The van der Waals surface area contributed by atoms with Gasteiger partial charge in [-0.15, -0.1) is 0 Å². The van der Waals surface area contributed by atoms with Crippen LogP contribution in [0.4, 0.5) is 0 Å². The van der Waals surface area contributed by atoms with Crippen molar-refractivity contribution in [2.45, 2.75) is 36.2 Å². The maximum Gasteiger partial charge on any atom is 0.326 e. The van der Waals surface area contributed by atoms with Crippen LogP contribution >= 0.6 is 23.2 Å². The van der Waals surface area contributed by atoms with Gasteiger partial charge in [-0.05, 0) is 48.7 Å². The molecule has 1 amide bonds. The fourth-order valence-corrected chi connectivity index (χ4v) is 6.03. The van der Waals surface area contributed by atoms with Gasteiger partial charge >= 0.3 is 5.97 Å². The third-order valence-corrected chi connectivity index (χ3v) is 7.55. The first-order valence-electron chi connectivity index (χ1n) is 10.2. The lowest BCUT2D eigenvalue weighted by Crippen LogP contribution is -2.51. The number of nitriles is 1. The zero-order valence-corrected chi connectivity index (χ0v) is 20.1. The van der Waals surface area contributed by atoms with Gasteiger partial charge < -0.3 is 15.2 Å². The summed E-state index contributed by atoms with van der Waals surface area (Å²) in [4.78, 5) is 24.6. The minimum atomic E-state index is -4.09. The third-order valence-electron chi connectivity index (χ3n) is 5.23. The van der Waals surface area contributed by atoms with E-state index in [0.717, 1.165) is 4.31 Å². The van der Waals surface area contributed by atoms with E-state index >= 15 is 0 Å². The van der Waals surface area contributed by atoms with Gasteiger partial charge in [0.25, 0.3) is 0 Å². The van der Waals surface area contributed by atoms with Gasteiger partial charge in [0.15, 0.2) is 6.61 Å². The molecule has 9 nitrogen and oxygen atoms in total. The van der Waals surface area contributed by atoms with E-state index in [-0.39, 0.29) is 40.9 Å². The summed E-state index contributed by atoms with van der Waals surface area (Å²) in [5.41, 5.74) is 0.612. The van der Waals surface area contributed by atoms with Crippen molar-refractivity contribution in [3.63, 3.8) is 0 Å². The molecule has 34 heavy (non-hydrogen) atoms. The van der Waals surface area contributed by atoms with Crippen LogP contribution in [0.1, 0.15) is 18.4 Å². The maximum absolute atomic E-state index is 13.2. The molecule has 12 heteroatoms. The second kappa shape index (κ2) is 11.1. The van der Waals surface area contributed by atoms with Crippen molar-refractivity contribution in [1.82, 2.24) is 9.62 Å². The summed E-state index contributed by atoms with van der Waals surface area (Å²) < 4.78 is 32.5. The van der Waals surface area contributed by atoms with Crippen LogP contribution in [0.5, 0.6) is 5.75 Å². The Balaban J connectivity index is 1.74. The van der Waals surface area contributed by atoms with Gasteiger partial charge in [0.2, 0.25) is 15.9 Å². The number of carbonyl (C=O) groups excluding carboxylic acids is 1. The summed E-state index contributed by atoms with van der Waals surface area (Å²) in [6.45, 7) is -0.0121. The Kier molecular flexibility index (Phi) is 8.38. The lowest BCUT2D eigenvalue weighted by Gasteiger charge is -2.25. The molecule has 0 spiro atoms. The number of nitrogens with zero attached hydrogens (tertiary/aromatic N) is 2. The van der Waals surface area contributed by atoms with Crippen molar-refractivity contribution in [1.29, 1.82) is 5.26 Å². The first-order chi connectivity index (χ1) is 16.1. The molecule has 0 aliphatic carbocycles. The van der Waals surface area contributed by atoms with E-state index in [9.17, 15) is 23.1 Å². The lowest BCUT2D eigenvalue weighted by molar-refractivity contribution is -0.142. The Labute approximate surface area is 206 Å². The van der Waals surface area contributed by atoms with Gasteiger partial charge in [0.1, 0.15) is 23.9 Å². The van der Waals surface area contributed by atoms with Crippen LogP contribution in [-0.2, 0) is 26.0 Å². The predicted octanol–water partition coefficient (Wildman–Crippen LogP) is 2.86. The first kappa shape index (κ1) is 25.8. The van der Waals surface area contributed by atoms with E-state index < -0.39 is 34.0 Å². The molecule has 2 atom stereocenters. The van der Waals surface area contributed by atoms with Crippen LogP contribution in [0.3, 0.4) is 0 Å². The number of aliphatic carboxylic acids is 1. The Hall–Kier alpha value is -2.84. The summed E-state index contributed by atoms with van der Waals surface area (Å²) >= 11 is 11.9. The highest BCUT2D eigenvalue weighted by molar-refractivity contribution is 7.89. The highest BCUT2D eigenvalue weighted by Crippen LogP contribution is 2.30. The fourth-order valence-electron chi connectivity index (χ4n) is 3.64. The molecule has 1 saturated heterocycles. The van der Waals surface area contributed by atoms with Crippen LogP contribution < -0.4 is 10.1 Å². The number of hydrogen-bond donors (Lipinski definition) is 2. The number of benzene rings is 2. The van der Waals surface area contributed by atoms with Crippen LogP contribution in [0.15, 0.2) is 47.4 Å². The van der Waals surface area contributed by atoms with Crippen molar-refractivity contribution in [3.8, 4) is 11.8 Å². The van der Waals surface area contributed by atoms with Crippen molar-refractivity contribution in [3.05, 3.63) is 58.1 Å². The fraction of sp³-hybridized carbons (Fsp3) is 0.318. The quantitative estimate of drug-likeness (QED) is 0.513. The Morgan fingerprint density at radius 3 is 2.44 bits per heavy atom. The topological polar surface area (TPSA) is 137 Å².